The second kappa shape index (κ2) is 9.90. The van der Waals surface area contributed by atoms with Gasteiger partial charge in [0.1, 0.15) is 5.78 Å². The van der Waals surface area contributed by atoms with Crippen LogP contribution in [-0.2, 0) is 27.3 Å². The Morgan fingerprint density at radius 1 is 0.679 bits per heavy atom. The van der Waals surface area contributed by atoms with Crippen molar-refractivity contribution in [2.24, 2.45) is 0 Å². The normalized spacial score (nSPS) is 18.1. The van der Waals surface area contributed by atoms with E-state index in [4.69, 9.17) is 0 Å². The van der Waals surface area contributed by atoms with E-state index in [-0.39, 0.29) is 22.9 Å². The van der Waals surface area contributed by atoms with Crippen LogP contribution in [0.2, 0.25) is 0 Å². The summed E-state index contributed by atoms with van der Waals surface area (Å²) in [5, 5.41) is 0. The van der Waals surface area contributed by atoms with Crippen LogP contribution in [-0.4, -0.2) is 5.78 Å². The number of carbonyl (C=O) groups is 1. The van der Waals surface area contributed by atoms with E-state index in [2.05, 4.69) is 49.9 Å². The van der Waals surface area contributed by atoms with Gasteiger partial charge in [-0.3, -0.25) is 4.79 Å². The van der Waals surface area contributed by atoms with E-state index in [1.807, 2.05) is 62.1 Å². The molecule has 2 fully saturated rings. The Balaban J connectivity index is 0.00000225. The van der Waals surface area contributed by atoms with E-state index < -0.39 is 5.41 Å². The molecule has 2 aromatic rings. The molecule has 0 unspecified atom stereocenters. The molecular formula is C26H22FeO+2. The molecule has 0 heterocycles. The van der Waals surface area contributed by atoms with Gasteiger partial charge in [-0.2, -0.15) is 0 Å². The summed E-state index contributed by atoms with van der Waals surface area (Å²) >= 11 is 0. The maximum atomic E-state index is 13.9. The number of Topliss-reactive ketones (excluding diaryl/α,β-unsaturated/α-hetero) is 1. The fourth-order valence-electron chi connectivity index (χ4n) is 4.01. The summed E-state index contributed by atoms with van der Waals surface area (Å²) in [6, 6.07) is 20.3. The summed E-state index contributed by atoms with van der Waals surface area (Å²) in [4.78, 5) is 13.9. The number of rotatable bonds is 7. The third kappa shape index (κ3) is 4.14. The van der Waals surface area contributed by atoms with E-state index in [1.54, 1.807) is 0 Å². The molecule has 0 aromatic heterocycles. The third-order valence-electron chi connectivity index (χ3n) is 5.30. The standard InChI is InChI=1S/C26H22O.Fe/c27-25(20-19-21-11-7-8-12-21)26(24-17-9-10-18-24,22-13-3-1-4-14-22)23-15-5-2-6-16-23;/h1-18H,19-20H2;/q;+2. The molecule has 2 heteroatoms. The van der Waals surface area contributed by atoms with E-state index in [0.29, 0.717) is 6.42 Å². The number of ketones is 1. The maximum Gasteiger partial charge on any atom is 2.00 e. The average Bonchev–Trinajstić information content (AvgIpc) is 3.43. The zero-order chi connectivity index (χ0) is 18.5. The van der Waals surface area contributed by atoms with Gasteiger partial charge in [-0.1, -0.05) is 60.7 Å². The van der Waals surface area contributed by atoms with Crippen molar-refractivity contribution < 1.29 is 21.9 Å². The molecule has 2 aliphatic carbocycles. The summed E-state index contributed by atoms with van der Waals surface area (Å²) in [6.45, 7) is 0. The molecule has 2 aromatic carbocycles. The molecule has 0 atom stereocenters. The van der Waals surface area contributed by atoms with Crippen molar-refractivity contribution in [3.8, 4) is 0 Å². The molecule has 4 rings (SSSR count). The van der Waals surface area contributed by atoms with E-state index in [0.717, 1.165) is 23.5 Å². The predicted octanol–water partition coefficient (Wildman–Crippen LogP) is 5.13. The maximum absolute atomic E-state index is 13.9. The molecular weight excluding hydrogens is 384 g/mol. The van der Waals surface area contributed by atoms with Crippen molar-refractivity contribution in [2.45, 2.75) is 18.3 Å². The minimum Gasteiger partial charge on any atom is -0.298 e. The molecule has 1 nitrogen and oxygen atoms in total. The second-order valence-electron chi connectivity index (χ2n) is 6.87. The molecule has 28 heavy (non-hydrogen) atoms. The van der Waals surface area contributed by atoms with Gasteiger partial charge >= 0.3 is 17.1 Å². The van der Waals surface area contributed by atoms with Crippen LogP contribution in [0.1, 0.15) is 24.0 Å². The largest absolute Gasteiger partial charge is 2.00 e. The van der Waals surface area contributed by atoms with Gasteiger partial charge in [-0.15, -0.1) is 0 Å². The first kappa shape index (κ1) is 21.3. The average molecular weight is 406 g/mol. The van der Waals surface area contributed by atoms with Crippen molar-refractivity contribution in [1.82, 2.24) is 0 Å². The van der Waals surface area contributed by atoms with Gasteiger partial charge in [-0.25, -0.2) is 0 Å². The smallest absolute Gasteiger partial charge is 0.298 e. The topological polar surface area (TPSA) is 17.1 Å². The minimum atomic E-state index is -0.779. The quantitative estimate of drug-likeness (QED) is 0.583. The van der Waals surface area contributed by atoms with Crippen molar-refractivity contribution in [2.75, 3.05) is 0 Å². The van der Waals surface area contributed by atoms with Gasteiger partial charge in [0.25, 0.3) is 0 Å². The van der Waals surface area contributed by atoms with Crippen molar-refractivity contribution in [1.29, 1.82) is 0 Å². The Kier molecular flexibility index (Phi) is 7.55. The van der Waals surface area contributed by atoms with Gasteiger partial charge in [-0.05, 0) is 74.8 Å². The molecule has 2 aliphatic rings. The first-order chi connectivity index (χ1) is 13.3. The molecule has 0 amide bonds. The van der Waals surface area contributed by atoms with E-state index in [9.17, 15) is 4.79 Å². The number of hydrogen-bond acceptors (Lipinski definition) is 1. The van der Waals surface area contributed by atoms with E-state index >= 15 is 0 Å². The molecule has 0 bridgehead atoms. The first-order valence-corrected chi connectivity index (χ1v) is 9.39. The molecule has 2 saturated carbocycles. The van der Waals surface area contributed by atoms with E-state index in [1.165, 1.54) is 5.92 Å². The molecule has 0 saturated heterocycles. The van der Waals surface area contributed by atoms with Crippen LogP contribution in [0.3, 0.4) is 0 Å². The predicted molar refractivity (Wildman–Crippen MR) is 109 cm³/mol. The van der Waals surface area contributed by atoms with Crippen LogP contribution in [0.5, 0.6) is 0 Å². The second-order valence-corrected chi connectivity index (χ2v) is 6.87. The first-order valence-electron chi connectivity index (χ1n) is 9.39. The van der Waals surface area contributed by atoms with Gasteiger partial charge in [0.2, 0.25) is 0 Å². The SMILES string of the molecule is O=C(CC[C]1[CH][CH][CH][CH]1)C([C]1[CH][CH][CH][CH]1)(c1ccccc1)c1ccccc1.[Fe+2]. The molecule has 138 valence electrons. The molecule has 0 spiro atoms. The Hall–Kier alpha value is -1.37. The Morgan fingerprint density at radius 3 is 1.64 bits per heavy atom. The summed E-state index contributed by atoms with van der Waals surface area (Å²) in [5.41, 5.74) is 1.27. The summed E-state index contributed by atoms with van der Waals surface area (Å²) in [5.74, 6) is 2.47. The van der Waals surface area contributed by atoms with Crippen LogP contribution >= 0.6 is 0 Å². The van der Waals surface area contributed by atoms with Gasteiger partial charge in [0, 0.05) is 12.3 Å². The van der Waals surface area contributed by atoms with Crippen molar-refractivity contribution >= 4 is 5.78 Å². The number of carbonyl (C=O) groups excluding carboxylic acids is 1. The summed E-state index contributed by atoms with van der Waals surface area (Å²) < 4.78 is 0. The third-order valence-corrected chi connectivity index (χ3v) is 5.30. The van der Waals surface area contributed by atoms with Crippen LogP contribution in [0, 0.1) is 63.2 Å². The van der Waals surface area contributed by atoms with Gasteiger partial charge in [0.05, 0.1) is 5.41 Å². The number of benzene rings is 2. The Morgan fingerprint density at radius 2 is 1.14 bits per heavy atom. The zero-order valence-corrected chi connectivity index (χ0v) is 16.7. The van der Waals surface area contributed by atoms with Gasteiger partial charge < -0.3 is 0 Å². The van der Waals surface area contributed by atoms with Crippen molar-refractivity contribution in [3.05, 3.63) is 135 Å². The monoisotopic (exact) mass is 406 g/mol. The zero-order valence-electron chi connectivity index (χ0n) is 15.6. The van der Waals surface area contributed by atoms with Crippen LogP contribution in [0.4, 0.5) is 0 Å². The molecule has 0 aliphatic heterocycles. The number of hydrogen-bond donors (Lipinski definition) is 0. The molecule has 10 radical (unpaired) electrons. The van der Waals surface area contributed by atoms with Crippen LogP contribution in [0.15, 0.2) is 60.7 Å². The molecule has 0 N–H and O–H groups in total. The Bertz CT molecular complexity index is 688. The summed E-state index contributed by atoms with van der Waals surface area (Å²) in [6.07, 6.45) is 17.6. The Labute approximate surface area is 180 Å². The fourth-order valence-corrected chi connectivity index (χ4v) is 4.01. The van der Waals surface area contributed by atoms with Crippen molar-refractivity contribution in [3.63, 3.8) is 0 Å². The fraction of sp³-hybridized carbons (Fsp3) is 0.115. The minimum absolute atomic E-state index is 0. The van der Waals surface area contributed by atoms with Crippen LogP contribution < -0.4 is 0 Å². The summed E-state index contributed by atoms with van der Waals surface area (Å²) in [7, 11) is 0. The van der Waals surface area contributed by atoms with Crippen LogP contribution in [0.25, 0.3) is 0 Å². The van der Waals surface area contributed by atoms with Gasteiger partial charge in [0.15, 0.2) is 0 Å².